The quantitative estimate of drug-likeness (QED) is 0.814. The maximum Gasteiger partial charge on any atom is 0.317 e. The maximum absolute atomic E-state index is 12.8. The van der Waals surface area contributed by atoms with E-state index in [2.05, 4.69) is 10.6 Å². The number of piperidine rings is 1. The Bertz CT molecular complexity index is 719. The Morgan fingerprint density at radius 3 is 2.10 bits per heavy atom. The summed E-state index contributed by atoms with van der Waals surface area (Å²) in [7, 11) is 0. The van der Waals surface area contributed by atoms with Gasteiger partial charge in [0.15, 0.2) is 0 Å². The van der Waals surface area contributed by atoms with Gasteiger partial charge in [-0.15, -0.1) is 0 Å². The summed E-state index contributed by atoms with van der Waals surface area (Å²) in [6.07, 6.45) is 9.94. The van der Waals surface area contributed by atoms with Crippen molar-refractivity contribution >= 4 is 11.9 Å². The fraction of sp³-hybridized carbons (Fsp3) is 0.667. The second-order valence-electron chi connectivity index (χ2n) is 10.2. The lowest BCUT2D eigenvalue weighted by molar-refractivity contribution is -0.0503. The maximum atomic E-state index is 12.8. The van der Waals surface area contributed by atoms with E-state index in [0.29, 0.717) is 24.1 Å². The highest BCUT2D eigenvalue weighted by Crippen LogP contribution is 2.59. The lowest BCUT2D eigenvalue weighted by Crippen LogP contribution is -2.54. The molecule has 0 radical (unpaired) electrons. The average molecular weight is 396 g/mol. The largest absolute Gasteiger partial charge is 0.349 e. The zero-order chi connectivity index (χ0) is 19.8. The summed E-state index contributed by atoms with van der Waals surface area (Å²) in [5, 5.41) is 6.41. The predicted molar refractivity (Wildman–Crippen MR) is 113 cm³/mol. The molecule has 5 fully saturated rings. The number of nitrogens with zero attached hydrogens (tertiary/aromatic N) is 1. The number of amides is 3. The predicted octanol–water partition coefficient (Wildman–Crippen LogP) is 3.81. The van der Waals surface area contributed by atoms with Crippen molar-refractivity contribution in [3.63, 3.8) is 0 Å². The lowest BCUT2D eigenvalue weighted by atomic mass is 9.49. The Labute approximate surface area is 173 Å². The number of nitrogens with one attached hydrogen (secondary N) is 2. The van der Waals surface area contributed by atoms with Crippen molar-refractivity contribution in [1.29, 1.82) is 0 Å². The third-order valence-corrected chi connectivity index (χ3v) is 7.93. The number of carbonyl (C=O) groups excluding carboxylic acids is 2. The smallest absolute Gasteiger partial charge is 0.317 e. The standard InChI is InChI=1S/C24H33N3O2/c28-22(20-4-2-1-3-5-20)26-21-6-8-27(9-7-21)23(29)25-16-24-13-17-10-18(14-24)12-19(11-17)15-24/h1-5,17-19,21H,6-16H2,(H,25,29)(H,26,28). The summed E-state index contributed by atoms with van der Waals surface area (Å²) in [5.41, 5.74) is 1.08. The molecule has 0 unspecified atom stereocenters. The van der Waals surface area contributed by atoms with E-state index in [9.17, 15) is 9.59 Å². The van der Waals surface area contributed by atoms with Crippen LogP contribution in [0.15, 0.2) is 30.3 Å². The summed E-state index contributed by atoms with van der Waals surface area (Å²) in [5.74, 6) is 2.74. The molecule has 0 spiro atoms. The minimum absolute atomic E-state index is 0.0182. The molecule has 1 saturated heterocycles. The van der Waals surface area contributed by atoms with Crippen LogP contribution in [-0.2, 0) is 0 Å². The van der Waals surface area contributed by atoms with Gasteiger partial charge in [-0.3, -0.25) is 4.79 Å². The van der Waals surface area contributed by atoms with Crippen LogP contribution in [0.3, 0.4) is 0 Å². The molecule has 1 aromatic carbocycles. The van der Waals surface area contributed by atoms with Crippen molar-refractivity contribution in [2.75, 3.05) is 19.6 Å². The highest BCUT2D eigenvalue weighted by atomic mass is 16.2. The summed E-state index contributed by atoms with van der Waals surface area (Å²) < 4.78 is 0. The molecule has 4 saturated carbocycles. The summed E-state index contributed by atoms with van der Waals surface area (Å²) in [4.78, 5) is 27.0. The summed E-state index contributed by atoms with van der Waals surface area (Å²) >= 11 is 0. The molecule has 0 atom stereocenters. The monoisotopic (exact) mass is 395 g/mol. The van der Waals surface area contributed by atoms with Crippen molar-refractivity contribution in [2.45, 2.75) is 57.4 Å². The van der Waals surface area contributed by atoms with E-state index in [1.54, 1.807) is 0 Å². The Morgan fingerprint density at radius 2 is 1.52 bits per heavy atom. The van der Waals surface area contributed by atoms with Crippen LogP contribution in [0.2, 0.25) is 0 Å². The van der Waals surface area contributed by atoms with Gasteiger partial charge in [-0.25, -0.2) is 4.79 Å². The first-order chi connectivity index (χ1) is 14.1. The van der Waals surface area contributed by atoms with E-state index in [0.717, 1.165) is 37.1 Å². The van der Waals surface area contributed by atoms with Crippen LogP contribution in [0.5, 0.6) is 0 Å². The van der Waals surface area contributed by atoms with E-state index in [4.69, 9.17) is 0 Å². The van der Waals surface area contributed by atoms with Crippen LogP contribution >= 0.6 is 0 Å². The molecule has 1 heterocycles. The SMILES string of the molecule is O=C(NC1CCN(C(=O)NCC23CC4CC(CC(C4)C2)C3)CC1)c1ccccc1. The van der Waals surface area contributed by atoms with Gasteiger partial charge >= 0.3 is 6.03 Å². The first-order valence-corrected chi connectivity index (χ1v) is 11.5. The van der Waals surface area contributed by atoms with Crippen LogP contribution in [-0.4, -0.2) is 42.5 Å². The van der Waals surface area contributed by atoms with Crippen molar-refractivity contribution in [2.24, 2.45) is 23.2 Å². The van der Waals surface area contributed by atoms with Crippen LogP contribution in [0, 0.1) is 23.2 Å². The van der Waals surface area contributed by atoms with Gasteiger partial charge in [0.25, 0.3) is 5.91 Å². The third-order valence-electron chi connectivity index (χ3n) is 7.93. The number of benzene rings is 1. The van der Waals surface area contributed by atoms with Gasteiger partial charge in [0.2, 0.25) is 0 Å². The molecular weight excluding hydrogens is 362 g/mol. The zero-order valence-electron chi connectivity index (χ0n) is 17.2. The van der Waals surface area contributed by atoms with Crippen LogP contribution in [0.25, 0.3) is 0 Å². The number of hydrogen-bond donors (Lipinski definition) is 2. The van der Waals surface area contributed by atoms with Crippen molar-refractivity contribution in [3.8, 4) is 0 Å². The topological polar surface area (TPSA) is 61.4 Å². The average Bonchev–Trinajstić information content (AvgIpc) is 2.72. The molecule has 156 valence electrons. The number of rotatable bonds is 4. The third kappa shape index (κ3) is 4.01. The molecule has 5 heteroatoms. The molecule has 29 heavy (non-hydrogen) atoms. The van der Waals surface area contributed by atoms with E-state index < -0.39 is 0 Å². The van der Waals surface area contributed by atoms with Crippen molar-refractivity contribution in [1.82, 2.24) is 15.5 Å². The van der Waals surface area contributed by atoms with Crippen molar-refractivity contribution in [3.05, 3.63) is 35.9 Å². The molecule has 3 amide bonds. The first-order valence-electron chi connectivity index (χ1n) is 11.5. The van der Waals surface area contributed by atoms with Crippen LogP contribution in [0.4, 0.5) is 4.79 Å². The van der Waals surface area contributed by atoms with Gasteiger partial charge in [0.1, 0.15) is 0 Å². The molecule has 0 aromatic heterocycles. The molecule has 4 aliphatic carbocycles. The molecule has 1 aliphatic heterocycles. The summed E-state index contributed by atoms with van der Waals surface area (Å²) in [6, 6.07) is 9.59. The number of likely N-dealkylation sites (tertiary alicyclic amines) is 1. The molecule has 5 aliphatic rings. The summed E-state index contributed by atoms with van der Waals surface area (Å²) in [6.45, 7) is 2.29. The number of hydrogen-bond acceptors (Lipinski definition) is 2. The minimum Gasteiger partial charge on any atom is -0.349 e. The van der Waals surface area contributed by atoms with Gasteiger partial charge in [0.05, 0.1) is 0 Å². The Balaban J connectivity index is 1.08. The zero-order valence-corrected chi connectivity index (χ0v) is 17.2. The van der Waals surface area contributed by atoms with E-state index in [1.165, 1.54) is 38.5 Å². The van der Waals surface area contributed by atoms with Crippen molar-refractivity contribution < 1.29 is 9.59 Å². The molecule has 1 aromatic rings. The van der Waals surface area contributed by atoms with Crippen LogP contribution < -0.4 is 10.6 Å². The van der Waals surface area contributed by atoms with Gasteiger partial charge in [-0.2, -0.15) is 0 Å². The van der Waals surface area contributed by atoms with E-state index >= 15 is 0 Å². The van der Waals surface area contributed by atoms with Gasteiger partial charge in [0, 0.05) is 31.2 Å². The fourth-order valence-electron chi connectivity index (χ4n) is 6.97. The number of urea groups is 1. The van der Waals surface area contributed by atoms with Gasteiger partial charge in [-0.05, 0) is 86.7 Å². The Kier molecular flexibility index (Phi) is 5.00. The highest BCUT2D eigenvalue weighted by Gasteiger charge is 2.50. The molecule has 2 N–H and O–H groups in total. The van der Waals surface area contributed by atoms with Crippen LogP contribution in [0.1, 0.15) is 61.7 Å². The fourth-order valence-corrected chi connectivity index (χ4v) is 6.97. The molecule has 6 rings (SSSR count). The minimum atomic E-state index is -0.0182. The lowest BCUT2D eigenvalue weighted by Gasteiger charge is -2.57. The molecular formula is C24H33N3O2. The van der Waals surface area contributed by atoms with E-state index in [-0.39, 0.29) is 18.0 Å². The Hall–Kier alpha value is -2.04. The van der Waals surface area contributed by atoms with Gasteiger partial charge in [-0.1, -0.05) is 18.2 Å². The highest BCUT2D eigenvalue weighted by molar-refractivity contribution is 5.94. The van der Waals surface area contributed by atoms with Gasteiger partial charge < -0.3 is 15.5 Å². The van der Waals surface area contributed by atoms with E-state index in [1.807, 2.05) is 35.2 Å². The second kappa shape index (κ2) is 7.66. The first kappa shape index (κ1) is 19.0. The second-order valence-corrected chi connectivity index (χ2v) is 10.2. The molecule has 5 nitrogen and oxygen atoms in total. The normalized spacial score (nSPS) is 33.5. The number of carbonyl (C=O) groups is 2. The molecule has 4 bridgehead atoms. The Morgan fingerprint density at radius 1 is 0.931 bits per heavy atom.